The van der Waals surface area contributed by atoms with Crippen LogP contribution in [-0.2, 0) is 11.3 Å². The van der Waals surface area contributed by atoms with Crippen molar-refractivity contribution in [1.82, 2.24) is 9.55 Å². The van der Waals surface area contributed by atoms with Crippen LogP contribution in [0.2, 0.25) is 0 Å². The van der Waals surface area contributed by atoms with Crippen LogP contribution in [0.3, 0.4) is 0 Å². The molecule has 0 spiro atoms. The molecule has 0 saturated carbocycles. The average Bonchev–Trinajstić information content (AvgIpc) is 3.19. The topological polar surface area (TPSA) is 87.8 Å². The fourth-order valence-corrected chi connectivity index (χ4v) is 4.00. The number of nitriles is 1. The molecule has 1 amide bonds. The zero-order chi connectivity index (χ0) is 21.1. The van der Waals surface area contributed by atoms with Gasteiger partial charge < -0.3 is 5.32 Å². The van der Waals surface area contributed by atoms with E-state index < -0.39 is 0 Å². The molecule has 0 radical (unpaired) electrons. The van der Waals surface area contributed by atoms with Gasteiger partial charge in [-0.1, -0.05) is 24.3 Å². The summed E-state index contributed by atoms with van der Waals surface area (Å²) in [5.74, 6) is -0.661. The third-order valence-corrected chi connectivity index (χ3v) is 5.50. The number of hydrogen-bond donors (Lipinski definition) is 1. The van der Waals surface area contributed by atoms with E-state index in [4.69, 9.17) is 5.26 Å². The van der Waals surface area contributed by atoms with Gasteiger partial charge in [0, 0.05) is 23.9 Å². The molecule has 148 valence electrons. The Morgan fingerprint density at radius 3 is 2.73 bits per heavy atom. The van der Waals surface area contributed by atoms with E-state index in [-0.39, 0.29) is 30.2 Å². The summed E-state index contributed by atoms with van der Waals surface area (Å²) in [4.78, 5) is 30.2. The number of anilines is 1. The zero-order valence-corrected chi connectivity index (χ0v) is 16.4. The summed E-state index contributed by atoms with van der Waals surface area (Å²) in [6, 6.07) is 14.7. The van der Waals surface area contributed by atoms with E-state index in [1.807, 2.05) is 11.4 Å². The maximum absolute atomic E-state index is 13.2. The lowest BCUT2D eigenvalue weighted by atomic mass is 10.1. The van der Waals surface area contributed by atoms with Gasteiger partial charge in [0.2, 0.25) is 5.91 Å². The Hall–Kier alpha value is -3.83. The summed E-state index contributed by atoms with van der Waals surface area (Å²) in [5, 5.41) is 14.1. The number of thiophene rings is 1. The van der Waals surface area contributed by atoms with Crippen LogP contribution in [-0.4, -0.2) is 15.5 Å². The standard InChI is InChI=1S/C22H15FN4O2S/c23-16-7-5-14(6-8-16)17-12-30-21-20(17)22(29)27(13-25-21)10-9-19(28)26-18-4-2-1-3-15(18)11-24/h1-8,12-13H,9-10H2,(H,26,28). The molecule has 1 N–H and O–H groups in total. The van der Waals surface area contributed by atoms with Gasteiger partial charge in [-0.15, -0.1) is 11.3 Å². The van der Waals surface area contributed by atoms with Crippen molar-refractivity contribution >= 4 is 33.1 Å². The van der Waals surface area contributed by atoms with E-state index in [1.54, 1.807) is 36.4 Å². The minimum absolute atomic E-state index is 0.0445. The number of benzene rings is 2. The van der Waals surface area contributed by atoms with Crippen molar-refractivity contribution in [3.8, 4) is 17.2 Å². The van der Waals surface area contributed by atoms with Gasteiger partial charge in [-0.3, -0.25) is 14.2 Å². The van der Waals surface area contributed by atoms with Gasteiger partial charge in [-0.2, -0.15) is 5.26 Å². The maximum atomic E-state index is 13.2. The van der Waals surface area contributed by atoms with Gasteiger partial charge >= 0.3 is 0 Å². The first-order valence-electron chi connectivity index (χ1n) is 9.08. The van der Waals surface area contributed by atoms with Crippen molar-refractivity contribution < 1.29 is 9.18 Å². The molecule has 0 atom stereocenters. The zero-order valence-electron chi connectivity index (χ0n) is 15.6. The van der Waals surface area contributed by atoms with Crippen LogP contribution in [0.5, 0.6) is 0 Å². The predicted molar refractivity (Wildman–Crippen MR) is 114 cm³/mol. The first-order valence-corrected chi connectivity index (χ1v) is 9.96. The van der Waals surface area contributed by atoms with Crippen molar-refractivity contribution in [3.63, 3.8) is 0 Å². The predicted octanol–water partition coefficient (Wildman–Crippen LogP) is 4.16. The van der Waals surface area contributed by atoms with Crippen LogP contribution in [0.15, 0.2) is 65.0 Å². The molecule has 4 aromatic rings. The summed E-state index contributed by atoms with van der Waals surface area (Å²) in [6.07, 6.45) is 1.47. The van der Waals surface area contributed by atoms with Gasteiger partial charge in [0.1, 0.15) is 16.7 Å². The molecule has 0 fully saturated rings. The summed E-state index contributed by atoms with van der Waals surface area (Å²) >= 11 is 1.34. The molecule has 0 unspecified atom stereocenters. The van der Waals surface area contributed by atoms with Gasteiger partial charge in [0.05, 0.1) is 23.0 Å². The number of nitrogens with one attached hydrogen (secondary N) is 1. The molecule has 6 nitrogen and oxygen atoms in total. The van der Waals surface area contributed by atoms with Crippen LogP contribution >= 0.6 is 11.3 Å². The Labute approximate surface area is 174 Å². The largest absolute Gasteiger partial charge is 0.325 e. The Kier molecular flexibility index (Phi) is 5.37. The Balaban J connectivity index is 1.56. The maximum Gasteiger partial charge on any atom is 0.262 e. The SMILES string of the molecule is N#Cc1ccccc1NC(=O)CCn1cnc2scc(-c3ccc(F)cc3)c2c1=O. The normalized spacial score (nSPS) is 10.7. The minimum Gasteiger partial charge on any atom is -0.325 e. The quantitative estimate of drug-likeness (QED) is 0.527. The van der Waals surface area contributed by atoms with Crippen molar-refractivity contribution in [2.24, 2.45) is 0 Å². The highest BCUT2D eigenvalue weighted by atomic mass is 32.1. The molecule has 4 rings (SSSR count). The molecular weight excluding hydrogens is 403 g/mol. The molecule has 0 saturated heterocycles. The summed E-state index contributed by atoms with van der Waals surface area (Å²) in [7, 11) is 0. The first-order chi connectivity index (χ1) is 14.6. The fraction of sp³-hybridized carbons (Fsp3) is 0.0909. The highest BCUT2D eigenvalue weighted by Crippen LogP contribution is 2.30. The highest BCUT2D eigenvalue weighted by molar-refractivity contribution is 7.17. The third-order valence-electron chi connectivity index (χ3n) is 4.62. The summed E-state index contributed by atoms with van der Waals surface area (Å²) in [6.45, 7) is 0.140. The number of amides is 1. The Bertz CT molecular complexity index is 1340. The smallest absolute Gasteiger partial charge is 0.262 e. The van der Waals surface area contributed by atoms with E-state index in [0.29, 0.717) is 27.0 Å². The average molecular weight is 418 g/mol. The highest BCUT2D eigenvalue weighted by Gasteiger charge is 2.14. The second-order valence-electron chi connectivity index (χ2n) is 6.54. The number of para-hydroxylation sites is 1. The number of halogens is 1. The van der Waals surface area contributed by atoms with Gasteiger partial charge in [-0.05, 0) is 29.8 Å². The number of fused-ring (bicyclic) bond motifs is 1. The van der Waals surface area contributed by atoms with Crippen LogP contribution in [0, 0.1) is 17.1 Å². The molecule has 2 aromatic heterocycles. The van der Waals surface area contributed by atoms with Crippen molar-refractivity contribution in [2.75, 3.05) is 5.32 Å². The molecule has 2 aromatic carbocycles. The molecule has 2 heterocycles. The lowest BCUT2D eigenvalue weighted by Crippen LogP contribution is -2.23. The number of hydrogen-bond acceptors (Lipinski definition) is 5. The first kappa shape index (κ1) is 19.5. The van der Waals surface area contributed by atoms with Crippen LogP contribution < -0.4 is 10.9 Å². The van der Waals surface area contributed by atoms with Crippen molar-refractivity contribution in [3.05, 3.63) is 82.0 Å². The minimum atomic E-state index is -0.349. The van der Waals surface area contributed by atoms with E-state index in [2.05, 4.69) is 10.3 Å². The second-order valence-corrected chi connectivity index (χ2v) is 7.39. The van der Waals surface area contributed by atoms with Crippen molar-refractivity contribution in [1.29, 1.82) is 5.26 Å². The third kappa shape index (κ3) is 3.83. The number of aryl methyl sites for hydroxylation is 1. The number of carbonyl (C=O) groups excluding carboxylic acids is 1. The molecule has 0 aliphatic rings. The van der Waals surface area contributed by atoms with Gasteiger partial charge in [-0.25, -0.2) is 9.37 Å². The summed E-state index contributed by atoms with van der Waals surface area (Å²) in [5.41, 5.74) is 1.96. The van der Waals surface area contributed by atoms with E-state index >= 15 is 0 Å². The van der Waals surface area contributed by atoms with E-state index in [1.165, 1.54) is 34.4 Å². The fourth-order valence-electron chi connectivity index (χ4n) is 3.09. The summed E-state index contributed by atoms with van der Waals surface area (Å²) < 4.78 is 14.6. The van der Waals surface area contributed by atoms with Gasteiger partial charge in [0.25, 0.3) is 5.56 Å². The molecule has 0 aliphatic heterocycles. The van der Waals surface area contributed by atoms with Gasteiger partial charge in [0.15, 0.2) is 0 Å². The second kappa shape index (κ2) is 8.27. The molecule has 8 heteroatoms. The molecule has 0 bridgehead atoms. The Morgan fingerprint density at radius 1 is 1.20 bits per heavy atom. The Morgan fingerprint density at radius 2 is 1.97 bits per heavy atom. The van der Waals surface area contributed by atoms with Crippen LogP contribution in [0.25, 0.3) is 21.3 Å². The number of carbonyl (C=O) groups is 1. The number of rotatable bonds is 5. The lowest BCUT2D eigenvalue weighted by molar-refractivity contribution is -0.116. The molecular formula is C22H15FN4O2S. The number of aromatic nitrogens is 2. The van der Waals surface area contributed by atoms with E-state index in [9.17, 15) is 14.0 Å². The molecule has 0 aliphatic carbocycles. The van der Waals surface area contributed by atoms with Crippen molar-refractivity contribution in [2.45, 2.75) is 13.0 Å². The van der Waals surface area contributed by atoms with E-state index in [0.717, 1.165) is 5.56 Å². The molecule has 30 heavy (non-hydrogen) atoms. The number of nitrogens with zero attached hydrogens (tertiary/aromatic N) is 3. The lowest BCUT2D eigenvalue weighted by Gasteiger charge is -2.08. The van der Waals surface area contributed by atoms with Crippen LogP contribution in [0.1, 0.15) is 12.0 Å². The van der Waals surface area contributed by atoms with Crippen LogP contribution in [0.4, 0.5) is 10.1 Å². The monoisotopic (exact) mass is 418 g/mol.